The summed E-state index contributed by atoms with van der Waals surface area (Å²) >= 11 is 0. The number of H-pyrrole nitrogens is 1. The van der Waals surface area contributed by atoms with Gasteiger partial charge < -0.3 is 14.6 Å². The van der Waals surface area contributed by atoms with E-state index in [0.29, 0.717) is 35.7 Å². The van der Waals surface area contributed by atoms with Gasteiger partial charge in [0.1, 0.15) is 5.69 Å². The van der Waals surface area contributed by atoms with Gasteiger partial charge in [0.25, 0.3) is 5.91 Å². The maximum Gasteiger partial charge on any atom is 0.340 e. The first-order valence-electron chi connectivity index (χ1n) is 7.44. The SMILES string of the molecule is CCOC(=O)c1c(C)[nH]c(C(=O)N(C)Cc2cnn(C)c2)c1C. The molecular weight excluding hydrogens is 296 g/mol. The molecule has 0 bridgehead atoms. The molecule has 0 spiro atoms. The monoisotopic (exact) mass is 318 g/mol. The summed E-state index contributed by atoms with van der Waals surface area (Å²) in [6.45, 7) is 6.01. The first kappa shape index (κ1) is 16.8. The molecule has 1 N–H and O–H groups in total. The molecule has 124 valence electrons. The number of esters is 1. The summed E-state index contributed by atoms with van der Waals surface area (Å²) in [4.78, 5) is 29.2. The van der Waals surface area contributed by atoms with Gasteiger partial charge >= 0.3 is 5.97 Å². The molecular formula is C16H22N4O3. The highest BCUT2D eigenvalue weighted by molar-refractivity contribution is 6.00. The smallest absolute Gasteiger partial charge is 0.340 e. The van der Waals surface area contributed by atoms with Crippen LogP contribution in [-0.2, 0) is 18.3 Å². The predicted octanol–water partition coefficient (Wildman–Crippen LogP) is 1.81. The second-order valence-electron chi connectivity index (χ2n) is 5.53. The Labute approximate surface area is 135 Å². The summed E-state index contributed by atoms with van der Waals surface area (Å²) in [5.41, 5.74) is 3.04. The molecule has 0 saturated heterocycles. The summed E-state index contributed by atoms with van der Waals surface area (Å²) < 4.78 is 6.74. The molecule has 2 aromatic heterocycles. The van der Waals surface area contributed by atoms with Crippen LogP contribution >= 0.6 is 0 Å². The fourth-order valence-electron chi connectivity index (χ4n) is 2.56. The Hall–Kier alpha value is -2.57. The van der Waals surface area contributed by atoms with Crippen molar-refractivity contribution in [2.45, 2.75) is 27.3 Å². The van der Waals surface area contributed by atoms with Gasteiger partial charge in [0, 0.05) is 38.1 Å². The standard InChI is InChI=1S/C16H22N4O3/c1-6-23-16(22)13-10(2)14(18-11(13)3)15(21)19(4)8-12-7-17-20(5)9-12/h7,9,18H,6,8H2,1-5H3. The van der Waals surface area contributed by atoms with E-state index in [2.05, 4.69) is 10.1 Å². The third kappa shape index (κ3) is 3.44. The van der Waals surface area contributed by atoms with E-state index in [1.165, 1.54) is 0 Å². The van der Waals surface area contributed by atoms with Crippen LogP contribution in [0.4, 0.5) is 0 Å². The van der Waals surface area contributed by atoms with E-state index < -0.39 is 5.97 Å². The van der Waals surface area contributed by atoms with E-state index in [9.17, 15) is 9.59 Å². The zero-order valence-electron chi connectivity index (χ0n) is 14.1. The number of ether oxygens (including phenoxy) is 1. The second kappa shape index (κ2) is 6.68. The van der Waals surface area contributed by atoms with Crippen LogP contribution in [0.5, 0.6) is 0 Å². The zero-order valence-corrected chi connectivity index (χ0v) is 14.1. The summed E-state index contributed by atoms with van der Waals surface area (Å²) in [5, 5.41) is 4.09. The van der Waals surface area contributed by atoms with Crippen molar-refractivity contribution >= 4 is 11.9 Å². The highest BCUT2D eigenvalue weighted by Gasteiger charge is 2.24. The van der Waals surface area contributed by atoms with Crippen molar-refractivity contribution in [3.8, 4) is 0 Å². The number of hydrogen-bond donors (Lipinski definition) is 1. The molecule has 2 rings (SSSR count). The zero-order chi connectivity index (χ0) is 17.1. The minimum atomic E-state index is -0.410. The average molecular weight is 318 g/mol. The summed E-state index contributed by atoms with van der Waals surface area (Å²) in [6.07, 6.45) is 3.58. The molecule has 23 heavy (non-hydrogen) atoms. The molecule has 2 heterocycles. The van der Waals surface area contributed by atoms with Crippen LogP contribution in [0.15, 0.2) is 12.4 Å². The van der Waals surface area contributed by atoms with Crippen molar-refractivity contribution in [2.24, 2.45) is 7.05 Å². The minimum Gasteiger partial charge on any atom is -0.462 e. The number of hydrogen-bond acceptors (Lipinski definition) is 4. The molecule has 0 atom stereocenters. The van der Waals surface area contributed by atoms with E-state index in [4.69, 9.17) is 4.74 Å². The van der Waals surface area contributed by atoms with Gasteiger partial charge in [-0.05, 0) is 26.3 Å². The van der Waals surface area contributed by atoms with Gasteiger partial charge in [-0.15, -0.1) is 0 Å². The first-order valence-corrected chi connectivity index (χ1v) is 7.44. The van der Waals surface area contributed by atoms with Crippen LogP contribution in [0.1, 0.15) is 44.6 Å². The number of rotatable bonds is 5. The van der Waals surface area contributed by atoms with Crippen LogP contribution < -0.4 is 0 Å². The molecule has 0 radical (unpaired) electrons. The van der Waals surface area contributed by atoms with Crippen molar-refractivity contribution in [1.82, 2.24) is 19.7 Å². The summed E-state index contributed by atoms with van der Waals surface area (Å²) in [6, 6.07) is 0. The largest absolute Gasteiger partial charge is 0.462 e. The Morgan fingerprint density at radius 2 is 2.09 bits per heavy atom. The Balaban J connectivity index is 2.22. The molecule has 7 nitrogen and oxygen atoms in total. The van der Waals surface area contributed by atoms with Gasteiger partial charge in [-0.3, -0.25) is 9.48 Å². The van der Waals surface area contributed by atoms with Crippen LogP contribution in [-0.4, -0.2) is 45.2 Å². The van der Waals surface area contributed by atoms with E-state index in [1.807, 2.05) is 13.2 Å². The quantitative estimate of drug-likeness (QED) is 0.853. The molecule has 0 aliphatic rings. The fraction of sp³-hybridized carbons (Fsp3) is 0.438. The van der Waals surface area contributed by atoms with Gasteiger partial charge in [-0.25, -0.2) is 4.79 Å². The van der Waals surface area contributed by atoms with Crippen LogP contribution in [0.25, 0.3) is 0 Å². The molecule has 0 unspecified atom stereocenters. The van der Waals surface area contributed by atoms with Crippen LogP contribution in [0.2, 0.25) is 0 Å². The number of carbonyl (C=O) groups excluding carboxylic acids is 2. The lowest BCUT2D eigenvalue weighted by molar-refractivity contribution is 0.0525. The van der Waals surface area contributed by atoms with Crippen LogP contribution in [0.3, 0.4) is 0 Å². The van der Waals surface area contributed by atoms with E-state index in [0.717, 1.165) is 5.56 Å². The van der Waals surface area contributed by atoms with Crippen molar-refractivity contribution in [3.05, 3.63) is 40.5 Å². The number of nitrogens with zero attached hydrogens (tertiary/aromatic N) is 3. The van der Waals surface area contributed by atoms with Crippen LogP contribution in [0, 0.1) is 13.8 Å². The van der Waals surface area contributed by atoms with Crippen molar-refractivity contribution in [3.63, 3.8) is 0 Å². The van der Waals surface area contributed by atoms with Gasteiger partial charge in [-0.2, -0.15) is 5.10 Å². The molecule has 1 amide bonds. The number of amides is 1. The maximum atomic E-state index is 12.6. The molecule has 2 aromatic rings. The Morgan fingerprint density at radius 1 is 1.39 bits per heavy atom. The number of nitrogens with one attached hydrogen (secondary N) is 1. The van der Waals surface area contributed by atoms with Gasteiger partial charge in [0.15, 0.2) is 0 Å². The van der Waals surface area contributed by atoms with E-state index >= 15 is 0 Å². The number of aryl methyl sites for hydroxylation is 2. The lowest BCUT2D eigenvalue weighted by Crippen LogP contribution is -2.27. The molecule has 0 aromatic carbocycles. The van der Waals surface area contributed by atoms with Gasteiger partial charge in [-0.1, -0.05) is 0 Å². The lowest BCUT2D eigenvalue weighted by Gasteiger charge is -2.16. The van der Waals surface area contributed by atoms with Gasteiger partial charge in [0.2, 0.25) is 0 Å². The second-order valence-corrected chi connectivity index (χ2v) is 5.53. The molecule has 0 saturated carbocycles. The minimum absolute atomic E-state index is 0.176. The topological polar surface area (TPSA) is 80.2 Å². The van der Waals surface area contributed by atoms with Crippen molar-refractivity contribution in [1.29, 1.82) is 0 Å². The summed E-state index contributed by atoms with van der Waals surface area (Å²) in [5.74, 6) is -0.585. The van der Waals surface area contributed by atoms with E-state index in [1.54, 1.807) is 43.6 Å². The fourth-order valence-corrected chi connectivity index (χ4v) is 2.56. The molecule has 0 aliphatic heterocycles. The van der Waals surface area contributed by atoms with Crippen molar-refractivity contribution < 1.29 is 14.3 Å². The van der Waals surface area contributed by atoms with Gasteiger partial charge in [0.05, 0.1) is 18.4 Å². The first-order chi connectivity index (χ1) is 10.8. The molecule has 0 fully saturated rings. The number of aromatic nitrogens is 3. The Bertz CT molecular complexity index is 730. The Kier molecular flexibility index (Phi) is 4.88. The Morgan fingerprint density at radius 3 is 2.65 bits per heavy atom. The average Bonchev–Trinajstić information content (AvgIpc) is 3.01. The number of aromatic amines is 1. The maximum absolute atomic E-state index is 12.6. The normalized spacial score (nSPS) is 10.7. The molecule has 0 aliphatic carbocycles. The summed E-state index contributed by atoms with van der Waals surface area (Å²) in [7, 11) is 3.55. The number of carbonyl (C=O) groups is 2. The predicted molar refractivity (Wildman–Crippen MR) is 85.2 cm³/mol. The lowest BCUT2D eigenvalue weighted by atomic mass is 10.1. The van der Waals surface area contributed by atoms with Crippen molar-refractivity contribution in [2.75, 3.05) is 13.7 Å². The third-order valence-electron chi connectivity index (χ3n) is 3.66. The third-order valence-corrected chi connectivity index (χ3v) is 3.66. The highest BCUT2D eigenvalue weighted by atomic mass is 16.5. The molecule has 7 heteroatoms. The van der Waals surface area contributed by atoms with E-state index in [-0.39, 0.29) is 5.91 Å². The highest BCUT2D eigenvalue weighted by Crippen LogP contribution is 2.20.